The first-order chi connectivity index (χ1) is 7.63. The van der Waals surface area contributed by atoms with Gasteiger partial charge < -0.3 is 5.32 Å². The normalized spacial score (nSPS) is 31.2. The largest absolute Gasteiger partial charge is 0.313 e. The van der Waals surface area contributed by atoms with Crippen LogP contribution < -0.4 is 5.32 Å². The Bertz CT molecular complexity index is 322. The molecule has 0 aromatic rings. The van der Waals surface area contributed by atoms with Gasteiger partial charge in [0, 0.05) is 6.04 Å². The summed E-state index contributed by atoms with van der Waals surface area (Å²) in [6.45, 7) is 2.94. The van der Waals surface area contributed by atoms with Crippen molar-refractivity contribution in [2.45, 2.75) is 56.7 Å². The van der Waals surface area contributed by atoms with E-state index in [4.69, 9.17) is 0 Å². The fourth-order valence-electron chi connectivity index (χ4n) is 2.77. The van der Waals surface area contributed by atoms with E-state index < -0.39 is 9.84 Å². The number of sulfone groups is 1. The molecule has 0 aromatic carbocycles. The van der Waals surface area contributed by atoms with Gasteiger partial charge in [0.05, 0.1) is 11.0 Å². The minimum atomic E-state index is -2.83. The third-order valence-corrected chi connectivity index (χ3v) is 6.17. The van der Waals surface area contributed by atoms with E-state index in [1.54, 1.807) is 0 Å². The van der Waals surface area contributed by atoms with Crippen molar-refractivity contribution in [3.63, 3.8) is 0 Å². The van der Waals surface area contributed by atoms with E-state index in [-0.39, 0.29) is 11.3 Å². The molecule has 1 N–H and O–H groups in total. The molecule has 0 radical (unpaired) electrons. The fraction of sp³-hybridized carbons (Fsp3) is 1.00. The molecule has 2 fully saturated rings. The first-order valence-electron chi connectivity index (χ1n) is 6.58. The molecule has 1 aliphatic heterocycles. The molecule has 1 heterocycles. The Kier molecular flexibility index (Phi) is 3.90. The predicted octanol–water partition coefficient (Wildman–Crippen LogP) is 1.73. The second kappa shape index (κ2) is 5.05. The van der Waals surface area contributed by atoms with Crippen LogP contribution in [-0.4, -0.2) is 32.0 Å². The average molecular weight is 245 g/mol. The molecule has 2 unspecified atom stereocenters. The van der Waals surface area contributed by atoms with E-state index in [2.05, 4.69) is 12.2 Å². The van der Waals surface area contributed by atoms with Crippen molar-refractivity contribution >= 4 is 9.84 Å². The average Bonchev–Trinajstić information content (AvgIpc) is 3.00. The molecule has 0 bridgehead atoms. The Morgan fingerprint density at radius 2 is 2.00 bits per heavy atom. The van der Waals surface area contributed by atoms with E-state index in [0.29, 0.717) is 5.75 Å². The van der Waals surface area contributed by atoms with Gasteiger partial charge in [-0.05, 0) is 31.7 Å². The number of rotatable bonds is 5. The molecular formula is C12H23NO2S. The van der Waals surface area contributed by atoms with Crippen molar-refractivity contribution in [1.29, 1.82) is 0 Å². The lowest BCUT2D eigenvalue weighted by Crippen LogP contribution is -2.46. The van der Waals surface area contributed by atoms with Crippen molar-refractivity contribution in [3.8, 4) is 0 Å². The van der Waals surface area contributed by atoms with Crippen molar-refractivity contribution in [1.82, 2.24) is 5.32 Å². The van der Waals surface area contributed by atoms with Crippen LogP contribution >= 0.6 is 0 Å². The molecule has 16 heavy (non-hydrogen) atoms. The van der Waals surface area contributed by atoms with Crippen molar-refractivity contribution < 1.29 is 8.42 Å². The van der Waals surface area contributed by atoms with Crippen molar-refractivity contribution in [2.24, 2.45) is 5.92 Å². The quantitative estimate of drug-likeness (QED) is 0.802. The SMILES string of the molecule is CCNC(CC1CC1)C1CCCCS1(=O)=O. The van der Waals surface area contributed by atoms with Gasteiger partial charge >= 0.3 is 0 Å². The second-order valence-electron chi connectivity index (χ2n) is 5.24. The summed E-state index contributed by atoms with van der Waals surface area (Å²) in [7, 11) is -2.83. The van der Waals surface area contributed by atoms with Gasteiger partial charge in [-0.1, -0.05) is 26.2 Å². The van der Waals surface area contributed by atoms with Crippen molar-refractivity contribution in [2.75, 3.05) is 12.3 Å². The monoisotopic (exact) mass is 245 g/mol. The number of hydrogen-bond donors (Lipinski definition) is 1. The standard InChI is InChI=1S/C12H23NO2S/c1-2-13-11(9-10-6-7-10)12-5-3-4-8-16(12,14)15/h10-13H,2-9H2,1H3. The summed E-state index contributed by atoms with van der Waals surface area (Å²) in [5.41, 5.74) is 0. The summed E-state index contributed by atoms with van der Waals surface area (Å²) in [5, 5.41) is 3.29. The third kappa shape index (κ3) is 2.98. The minimum absolute atomic E-state index is 0.109. The van der Waals surface area contributed by atoms with Gasteiger partial charge in [-0.15, -0.1) is 0 Å². The van der Waals surface area contributed by atoms with Crippen LogP contribution in [0.4, 0.5) is 0 Å². The van der Waals surface area contributed by atoms with Gasteiger partial charge in [0.25, 0.3) is 0 Å². The predicted molar refractivity (Wildman–Crippen MR) is 66.2 cm³/mol. The molecule has 3 nitrogen and oxygen atoms in total. The summed E-state index contributed by atoms with van der Waals surface area (Å²) in [5.74, 6) is 1.20. The van der Waals surface area contributed by atoms with Gasteiger partial charge in [-0.25, -0.2) is 8.42 Å². The van der Waals surface area contributed by atoms with Crippen LogP contribution in [0.1, 0.15) is 45.4 Å². The zero-order chi connectivity index (χ0) is 11.6. The van der Waals surface area contributed by atoms with E-state index in [9.17, 15) is 8.42 Å². The van der Waals surface area contributed by atoms with E-state index in [1.807, 2.05) is 0 Å². The van der Waals surface area contributed by atoms with Crippen LogP contribution in [0, 0.1) is 5.92 Å². The molecule has 2 atom stereocenters. The number of nitrogens with one attached hydrogen (secondary N) is 1. The Hall–Kier alpha value is -0.0900. The lowest BCUT2D eigenvalue weighted by Gasteiger charge is -2.30. The van der Waals surface area contributed by atoms with Gasteiger partial charge in [-0.3, -0.25) is 0 Å². The van der Waals surface area contributed by atoms with Gasteiger partial charge in [0.15, 0.2) is 9.84 Å². The van der Waals surface area contributed by atoms with Crippen LogP contribution in [0.5, 0.6) is 0 Å². The summed E-state index contributed by atoms with van der Waals surface area (Å²) < 4.78 is 24.1. The molecule has 2 aliphatic rings. The highest BCUT2D eigenvalue weighted by atomic mass is 32.2. The number of hydrogen-bond acceptors (Lipinski definition) is 3. The Labute approximate surface area is 98.9 Å². The molecule has 0 spiro atoms. The maximum absolute atomic E-state index is 12.1. The van der Waals surface area contributed by atoms with E-state index in [0.717, 1.165) is 38.1 Å². The molecule has 94 valence electrons. The zero-order valence-electron chi connectivity index (χ0n) is 10.1. The first kappa shape index (κ1) is 12.4. The fourth-order valence-corrected chi connectivity index (χ4v) is 4.92. The van der Waals surface area contributed by atoms with Crippen LogP contribution in [0.3, 0.4) is 0 Å². The molecule has 0 amide bonds. The second-order valence-corrected chi connectivity index (χ2v) is 7.58. The molecule has 4 heteroatoms. The molecule has 2 rings (SSSR count). The topological polar surface area (TPSA) is 46.2 Å². The van der Waals surface area contributed by atoms with Crippen molar-refractivity contribution in [3.05, 3.63) is 0 Å². The van der Waals surface area contributed by atoms with E-state index >= 15 is 0 Å². The maximum atomic E-state index is 12.1. The molecular weight excluding hydrogens is 222 g/mol. The third-order valence-electron chi connectivity index (χ3n) is 3.83. The molecule has 1 saturated carbocycles. The van der Waals surface area contributed by atoms with Crippen LogP contribution in [0.15, 0.2) is 0 Å². The van der Waals surface area contributed by atoms with Gasteiger partial charge in [-0.2, -0.15) is 0 Å². The molecule has 1 aliphatic carbocycles. The summed E-state index contributed by atoms with van der Waals surface area (Å²) in [6.07, 6.45) is 6.48. The van der Waals surface area contributed by atoms with Crippen LogP contribution in [0.25, 0.3) is 0 Å². The lowest BCUT2D eigenvalue weighted by molar-refractivity contribution is 0.409. The van der Waals surface area contributed by atoms with E-state index in [1.165, 1.54) is 12.8 Å². The Balaban J connectivity index is 2.03. The van der Waals surface area contributed by atoms with Crippen LogP contribution in [-0.2, 0) is 9.84 Å². The molecule has 1 saturated heterocycles. The molecule has 0 aromatic heterocycles. The summed E-state index contributed by atoms with van der Waals surface area (Å²) in [6, 6.07) is 0.211. The highest BCUT2D eigenvalue weighted by Crippen LogP contribution is 2.36. The highest BCUT2D eigenvalue weighted by molar-refractivity contribution is 7.92. The zero-order valence-corrected chi connectivity index (χ0v) is 10.9. The Morgan fingerprint density at radius 3 is 2.56 bits per heavy atom. The smallest absolute Gasteiger partial charge is 0.154 e. The first-order valence-corrected chi connectivity index (χ1v) is 8.30. The van der Waals surface area contributed by atoms with Crippen LogP contribution in [0.2, 0.25) is 0 Å². The maximum Gasteiger partial charge on any atom is 0.154 e. The minimum Gasteiger partial charge on any atom is -0.313 e. The highest BCUT2D eigenvalue weighted by Gasteiger charge is 2.37. The Morgan fingerprint density at radius 1 is 1.25 bits per heavy atom. The summed E-state index contributed by atoms with van der Waals surface area (Å²) in [4.78, 5) is 0. The summed E-state index contributed by atoms with van der Waals surface area (Å²) >= 11 is 0. The lowest BCUT2D eigenvalue weighted by atomic mass is 10.0. The van der Waals surface area contributed by atoms with Gasteiger partial charge in [0.2, 0.25) is 0 Å². The van der Waals surface area contributed by atoms with Gasteiger partial charge in [0.1, 0.15) is 0 Å².